The van der Waals surface area contributed by atoms with Crippen LogP contribution in [0.25, 0.3) is 0 Å². The monoisotopic (exact) mass is 495 g/mol. The molecule has 0 spiro atoms. The number of ether oxygens (including phenoxy) is 6. The van der Waals surface area contributed by atoms with Crippen LogP contribution < -0.4 is 5.32 Å². The number of aliphatic hydroxyl groups excluding tert-OH is 1. The average Bonchev–Trinajstić information content (AvgIpc) is 2.88. The molecule has 0 fully saturated rings. The van der Waals surface area contributed by atoms with Crippen LogP contribution in [0.3, 0.4) is 0 Å². The highest BCUT2D eigenvalue weighted by Crippen LogP contribution is 2.39. The minimum absolute atomic E-state index is 0.0282. The number of hydrogen-bond donors (Lipinski definition) is 2. The van der Waals surface area contributed by atoms with Gasteiger partial charge < -0.3 is 38.8 Å². The van der Waals surface area contributed by atoms with Gasteiger partial charge in [-0.05, 0) is 37.1 Å². The van der Waals surface area contributed by atoms with E-state index in [1.807, 2.05) is 19.1 Å². The molecule has 0 saturated carbocycles. The highest BCUT2D eigenvalue weighted by Gasteiger charge is 2.38. The Kier molecular flexibility index (Phi) is 13.3. The van der Waals surface area contributed by atoms with E-state index in [-0.39, 0.29) is 36.7 Å². The van der Waals surface area contributed by atoms with E-state index in [9.17, 15) is 9.59 Å². The van der Waals surface area contributed by atoms with Gasteiger partial charge in [0.2, 0.25) is 6.29 Å². The van der Waals surface area contributed by atoms with E-state index >= 15 is 0 Å². The second-order valence-electron chi connectivity index (χ2n) is 7.76. The van der Waals surface area contributed by atoms with Crippen LogP contribution in [0.4, 0.5) is 0 Å². The van der Waals surface area contributed by atoms with E-state index in [4.69, 9.17) is 33.5 Å². The number of carbonyl (C=O) groups excluding carboxylic acids is 2. The van der Waals surface area contributed by atoms with Crippen LogP contribution in [0.2, 0.25) is 0 Å². The Morgan fingerprint density at radius 3 is 2.37 bits per heavy atom. The third-order valence-corrected chi connectivity index (χ3v) is 5.45. The first-order chi connectivity index (χ1) is 17.0. The average molecular weight is 496 g/mol. The normalized spacial score (nSPS) is 19.5. The molecule has 1 aromatic carbocycles. The van der Waals surface area contributed by atoms with Gasteiger partial charge >= 0.3 is 5.97 Å². The number of amides is 1. The first-order valence-corrected chi connectivity index (χ1v) is 11.8. The van der Waals surface area contributed by atoms with Crippen molar-refractivity contribution in [3.05, 3.63) is 47.2 Å². The fourth-order valence-corrected chi connectivity index (χ4v) is 3.74. The van der Waals surface area contributed by atoms with E-state index in [2.05, 4.69) is 5.32 Å². The van der Waals surface area contributed by atoms with Crippen LogP contribution >= 0.6 is 0 Å². The Morgan fingerprint density at radius 2 is 1.74 bits per heavy atom. The Bertz CT molecular complexity index is 797. The topological polar surface area (TPSA) is 122 Å². The zero-order chi connectivity index (χ0) is 25.5. The van der Waals surface area contributed by atoms with Gasteiger partial charge in [-0.25, -0.2) is 4.79 Å². The molecule has 196 valence electrons. The highest BCUT2D eigenvalue weighted by molar-refractivity contribution is 5.92. The van der Waals surface area contributed by atoms with Crippen molar-refractivity contribution >= 4 is 11.9 Å². The fourth-order valence-electron chi connectivity index (χ4n) is 3.74. The van der Waals surface area contributed by atoms with E-state index in [0.29, 0.717) is 51.6 Å². The summed E-state index contributed by atoms with van der Waals surface area (Å²) in [6, 6.07) is 7.09. The lowest BCUT2D eigenvalue weighted by Gasteiger charge is -2.37. The van der Waals surface area contributed by atoms with Crippen molar-refractivity contribution in [2.75, 3.05) is 67.0 Å². The minimum atomic E-state index is -0.660. The van der Waals surface area contributed by atoms with E-state index in [0.717, 1.165) is 5.56 Å². The molecule has 0 aliphatic carbocycles. The van der Waals surface area contributed by atoms with E-state index in [1.54, 1.807) is 25.3 Å². The molecular formula is C25H37NO9. The lowest BCUT2D eigenvalue weighted by molar-refractivity contribution is -0.168. The predicted molar refractivity (Wildman–Crippen MR) is 127 cm³/mol. The first-order valence-electron chi connectivity index (χ1n) is 11.8. The summed E-state index contributed by atoms with van der Waals surface area (Å²) in [5, 5.41) is 11.6. The summed E-state index contributed by atoms with van der Waals surface area (Å²) in [4.78, 5) is 24.6. The maximum Gasteiger partial charge on any atom is 0.337 e. The molecule has 0 aromatic heterocycles. The number of esters is 1. The molecule has 1 aliphatic heterocycles. The van der Waals surface area contributed by atoms with Crippen LogP contribution in [-0.4, -0.2) is 90.3 Å². The summed E-state index contributed by atoms with van der Waals surface area (Å²) in [6.07, 6.45) is 1.73. The fraction of sp³-hybridized carbons (Fsp3) is 0.600. The number of nitrogens with one attached hydrogen (secondary N) is 1. The molecule has 10 heteroatoms. The molecule has 10 nitrogen and oxygen atoms in total. The molecule has 3 unspecified atom stereocenters. The number of aliphatic hydroxyl groups is 1. The maximum atomic E-state index is 12.7. The van der Waals surface area contributed by atoms with Crippen LogP contribution in [-0.2, 0) is 33.2 Å². The van der Waals surface area contributed by atoms with Gasteiger partial charge in [-0.2, -0.15) is 0 Å². The molecule has 35 heavy (non-hydrogen) atoms. The lowest BCUT2D eigenvalue weighted by atomic mass is 9.81. The summed E-state index contributed by atoms with van der Waals surface area (Å²) in [7, 11) is 2.90. The first kappa shape index (κ1) is 28.7. The van der Waals surface area contributed by atoms with Gasteiger partial charge in [0.25, 0.3) is 5.91 Å². The smallest absolute Gasteiger partial charge is 0.337 e. The molecular weight excluding hydrogens is 458 g/mol. The van der Waals surface area contributed by atoms with E-state index in [1.165, 1.54) is 7.11 Å². The van der Waals surface area contributed by atoms with Crippen LogP contribution in [0.1, 0.15) is 35.2 Å². The van der Waals surface area contributed by atoms with Gasteiger partial charge in [0.15, 0.2) is 5.76 Å². The van der Waals surface area contributed by atoms with Crippen molar-refractivity contribution in [2.45, 2.75) is 25.6 Å². The number of rotatable bonds is 16. The Balaban J connectivity index is 2.23. The second-order valence-corrected chi connectivity index (χ2v) is 7.76. The highest BCUT2D eigenvalue weighted by atomic mass is 16.7. The lowest BCUT2D eigenvalue weighted by Crippen LogP contribution is -2.40. The van der Waals surface area contributed by atoms with Crippen LogP contribution in [0.5, 0.6) is 0 Å². The van der Waals surface area contributed by atoms with Crippen LogP contribution in [0.15, 0.2) is 36.1 Å². The number of hydrogen-bond acceptors (Lipinski definition) is 9. The Labute approximate surface area is 206 Å². The SMILES string of the molecule is CCOC1OC(C(=O)NCCOC)=CC(c2ccc(C(=O)OC)cc2)C1CCOCCOCCO. The summed E-state index contributed by atoms with van der Waals surface area (Å²) < 4.78 is 32.6. The van der Waals surface area contributed by atoms with Gasteiger partial charge in [-0.15, -0.1) is 0 Å². The molecule has 2 N–H and O–H groups in total. The largest absolute Gasteiger partial charge is 0.465 e. The quantitative estimate of drug-likeness (QED) is 0.260. The molecule has 1 aliphatic rings. The van der Waals surface area contributed by atoms with Gasteiger partial charge in [-0.1, -0.05) is 12.1 Å². The molecule has 0 saturated heterocycles. The standard InChI is InChI=1S/C25H37NO9/c1-4-34-25-20(9-12-32-15-16-33-14-11-27)21(17-22(35-25)23(28)26-10-13-30-2)18-5-7-19(8-6-18)24(29)31-3/h5-8,17,20-21,25,27H,4,9-16H2,1-3H3,(H,26,28). The number of methoxy groups -OCH3 is 2. The number of benzene rings is 1. The minimum Gasteiger partial charge on any atom is -0.465 e. The van der Waals surface area contributed by atoms with Crippen molar-refractivity contribution in [1.29, 1.82) is 0 Å². The summed E-state index contributed by atoms with van der Waals surface area (Å²) in [5.41, 5.74) is 1.35. The number of carbonyl (C=O) groups is 2. The molecule has 1 amide bonds. The summed E-state index contributed by atoms with van der Waals surface area (Å²) in [6.45, 7) is 4.47. The van der Waals surface area contributed by atoms with Gasteiger partial charge in [0, 0.05) is 38.7 Å². The van der Waals surface area contributed by atoms with Gasteiger partial charge in [-0.3, -0.25) is 4.79 Å². The van der Waals surface area contributed by atoms with Crippen molar-refractivity contribution in [2.24, 2.45) is 5.92 Å². The van der Waals surface area contributed by atoms with E-state index < -0.39 is 12.3 Å². The summed E-state index contributed by atoms with van der Waals surface area (Å²) in [5.74, 6) is -0.954. The third-order valence-electron chi connectivity index (χ3n) is 5.45. The maximum absolute atomic E-state index is 12.7. The van der Waals surface area contributed by atoms with Crippen molar-refractivity contribution in [3.8, 4) is 0 Å². The summed E-state index contributed by atoms with van der Waals surface area (Å²) >= 11 is 0. The van der Waals surface area contributed by atoms with Crippen molar-refractivity contribution in [1.82, 2.24) is 5.32 Å². The third kappa shape index (κ3) is 9.23. The number of allylic oxidation sites excluding steroid dienone is 1. The predicted octanol–water partition coefficient (Wildman–Crippen LogP) is 1.63. The zero-order valence-corrected chi connectivity index (χ0v) is 20.7. The zero-order valence-electron chi connectivity index (χ0n) is 20.7. The molecule has 3 atom stereocenters. The van der Waals surface area contributed by atoms with Gasteiger partial charge in [0.05, 0.1) is 45.7 Å². The molecule has 1 heterocycles. The van der Waals surface area contributed by atoms with Crippen molar-refractivity contribution < 1.29 is 43.1 Å². The van der Waals surface area contributed by atoms with Crippen LogP contribution in [0, 0.1) is 5.92 Å². The molecule has 1 aromatic rings. The van der Waals surface area contributed by atoms with Crippen molar-refractivity contribution in [3.63, 3.8) is 0 Å². The Hall–Kier alpha value is -2.50. The molecule has 0 bridgehead atoms. The molecule has 2 rings (SSSR count). The Morgan fingerprint density at radius 1 is 1.03 bits per heavy atom. The van der Waals surface area contributed by atoms with Gasteiger partial charge in [0.1, 0.15) is 0 Å². The second kappa shape index (κ2) is 16.2. The molecule has 0 radical (unpaired) electrons.